The lowest BCUT2D eigenvalue weighted by atomic mass is 9.74. The molecule has 0 aliphatic rings. The number of nitrogens with zero attached hydrogens (tertiary/aromatic N) is 2. The van der Waals surface area contributed by atoms with Crippen LogP contribution >= 0.6 is 23.2 Å². The van der Waals surface area contributed by atoms with E-state index in [0.29, 0.717) is 21.2 Å². The molecule has 0 aromatic heterocycles. The predicted molar refractivity (Wildman–Crippen MR) is 101 cm³/mol. The molecular weight excluding hydrogens is 379 g/mol. The molecule has 0 amide bonds. The van der Waals surface area contributed by atoms with Gasteiger partial charge in [0, 0.05) is 33.7 Å². The Bertz CT molecular complexity index is 748. The highest BCUT2D eigenvalue weighted by atomic mass is 35.5. The molecule has 0 saturated carbocycles. The van der Waals surface area contributed by atoms with Crippen LogP contribution in [-0.2, 0) is 0 Å². The molecular formula is C18H18Cl2N2O4. The van der Waals surface area contributed by atoms with Crippen LogP contribution < -0.4 is 0 Å². The Morgan fingerprint density at radius 3 is 1.31 bits per heavy atom. The fourth-order valence-electron chi connectivity index (χ4n) is 3.26. The zero-order valence-electron chi connectivity index (χ0n) is 14.2. The number of hydrogen-bond acceptors (Lipinski definition) is 4. The topological polar surface area (TPSA) is 86.3 Å². The van der Waals surface area contributed by atoms with E-state index >= 15 is 0 Å². The molecule has 138 valence electrons. The third kappa shape index (κ3) is 4.14. The van der Waals surface area contributed by atoms with E-state index in [1.807, 2.05) is 0 Å². The van der Waals surface area contributed by atoms with E-state index < -0.39 is 33.8 Å². The summed E-state index contributed by atoms with van der Waals surface area (Å²) in [6.45, 7) is 2.87. The van der Waals surface area contributed by atoms with E-state index in [4.69, 9.17) is 23.2 Å². The van der Waals surface area contributed by atoms with Crippen molar-refractivity contribution in [2.45, 2.75) is 37.8 Å². The van der Waals surface area contributed by atoms with Crippen molar-refractivity contribution in [1.82, 2.24) is 0 Å². The van der Waals surface area contributed by atoms with Gasteiger partial charge in [-0.05, 0) is 23.3 Å². The first kappa shape index (κ1) is 20.1. The summed E-state index contributed by atoms with van der Waals surface area (Å²) in [4.78, 5) is 22.3. The smallest absolute Gasteiger partial charge is 0.218 e. The highest BCUT2D eigenvalue weighted by Crippen LogP contribution is 2.44. The maximum absolute atomic E-state index is 11.6. The van der Waals surface area contributed by atoms with E-state index in [0.717, 1.165) is 0 Å². The van der Waals surface area contributed by atoms with Crippen molar-refractivity contribution in [3.8, 4) is 0 Å². The summed E-state index contributed by atoms with van der Waals surface area (Å²) in [5.74, 6) is -1.64. The Balaban J connectivity index is 2.73. The van der Waals surface area contributed by atoms with Gasteiger partial charge in [-0.25, -0.2) is 0 Å². The Kier molecular flexibility index (Phi) is 6.56. The quantitative estimate of drug-likeness (QED) is 0.475. The summed E-state index contributed by atoms with van der Waals surface area (Å²) in [5.41, 5.74) is 0.994. The number of rotatable bonds is 7. The molecule has 0 saturated heterocycles. The highest BCUT2D eigenvalue weighted by Gasteiger charge is 2.44. The zero-order chi connectivity index (χ0) is 19.4. The molecule has 8 heteroatoms. The molecule has 2 rings (SSSR count). The van der Waals surface area contributed by atoms with Crippen molar-refractivity contribution in [2.24, 2.45) is 0 Å². The number of halogens is 2. The summed E-state index contributed by atoms with van der Waals surface area (Å²) < 4.78 is 0. The minimum Gasteiger partial charge on any atom is -0.264 e. The molecule has 4 atom stereocenters. The third-order valence-electron chi connectivity index (χ3n) is 4.62. The van der Waals surface area contributed by atoms with Crippen LogP contribution in [0.1, 0.15) is 36.8 Å². The Hall–Kier alpha value is -2.18. The Morgan fingerprint density at radius 1 is 0.731 bits per heavy atom. The minimum atomic E-state index is -1.10. The molecule has 26 heavy (non-hydrogen) atoms. The van der Waals surface area contributed by atoms with Crippen molar-refractivity contribution in [2.75, 3.05) is 0 Å². The molecule has 4 unspecified atom stereocenters. The molecule has 0 aliphatic carbocycles. The lowest BCUT2D eigenvalue weighted by Gasteiger charge is -2.30. The fourth-order valence-corrected chi connectivity index (χ4v) is 3.78. The first-order chi connectivity index (χ1) is 12.3. The van der Waals surface area contributed by atoms with Gasteiger partial charge >= 0.3 is 0 Å². The lowest BCUT2D eigenvalue weighted by Crippen LogP contribution is -2.37. The van der Waals surface area contributed by atoms with E-state index in [1.54, 1.807) is 48.5 Å². The SMILES string of the molecule is CC(C(c1ccccc1Cl)C(c1ccccc1Cl)C(C)[N+](=O)[O-])[N+](=O)[O-]. The first-order valence-electron chi connectivity index (χ1n) is 8.01. The molecule has 0 fully saturated rings. The van der Waals surface area contributed by atoms with Crippen LogP contribution in [0.15, 0.2) is 48.5 Å². The van der Waals surface area contributed by atoms with Gasteiger partial charge in [-0.2, -0.15) is 0 Å². The Morgan fingerprint density at radius 2 is 1.04 bits per heavy atom. The predicted octanol–water partition coefficient (Wildman–Crippen LogP) is 5.19. The van der Waals surface area contributed by atoms with Crippen LogP contribution in [0.2, 0.25) is 10.0 Å². The van der Waals surface area contributed by atoms with Gasteiger partial charge in [0.2, 0.25) is 12.1 Å². The molecule has 6 nitrogen and oxygen atoms in total. The van der Waals surface area contributed by atoms with Gasteiger partial charge < -0.3 is 0 Å². The maximum Gasteiger partial charge on any atom is 0.218 e. The molecule has 0 heterocycles. The van der Waals surface area contributed by atoms with E-state index in [1.165, 1.54) is 13.8 Å². The van der Waals surface area contributed by atoms with Gasteiger partial charge in [-0.3, -0.25) is 20.2 Å². The number of benzene rings is 2. The van der Waals surface area contributed by atoms with Crippen LogP contribution in [0.25, 0.3) is 0 Å². The molecule has 2 aromatic rings. The van der Waals surface area contributed by atoms with Gasteiger partial charge in [0.15, 0.2) is 0 Å². The molecule has 0 bridgehead atoms. The standard InChI is InChI=1S/C18H18Cl2N2O4/c1-11(21(23)24)17(13-7-3-5-9-15(13)19)18(12(2)22(25)26)14-8-4-6-10-16(14)20/h3-12,17-18H,1-2H3. The van der Waals surface area contributed by atoms with Gasteiger partial charge in [-0.15, -0.1) is 0 Å². The fraction of sp³-hybridized carbons (Fsp3) is 0.333. The van der Waals surface area contributed by atoms with Crippen LogP contribution in [0.5, 0.6) is 0 Å². The van der Waals surface area contributed by atoms with Gasteiger partial charge in [-0.1, -0.05) is 59.6 Å². The molecule has 0 spiro atoms. The molecule has 0 radical (unpaired) electrons. The van der Waals surface area contributed by atoms with E-state index in [2.05, 4.69) is 0 Å². The van der Waals surface area contributed by atoms with Gasteiger partial charge in [0.1, 0.15) is 0 Å². The average molecular weight is 397 g/mol. The molecule has 2 aromatic carbocycles. The zero-order valence-corrected chi connectivity index (χ0v) is 15.7. The largest absolute Gasteiger partial charge is 0.264 e. The lowest BCUT2D eigenvalue weighted by molar-refractivity contribution is -0.539. The van der Waals surface area contributed by atoms with Crippen molar-refractivity contribution >= 4 is 23.2 Å². The number of nitro groups is 2. The summed E-state index contributed by atoms with van der Waals surface area (Å²) in [7, 11) is 0. The van der Waals surface area contributed by atoms with Gasteiger partial charge in [0.25, 0.3) is 0 Å². The first-order valence-corrected chi connectivity index (χ1v) is 8.77. The third-order valence-corrected chi connectivity index (χ3v) is 5.31. The normalized spacial score (nSPS) is 15.7. The van der Waals surface area contributed by atoms with Crippen LogP contribution in [-0.4, -0.2) is 21.9 Å². The second kappa shape index (κ2) is 8.47. The second-order valence-corrected chi connectivity index (χ2v) is 6.96. The number of hydrogen-bond donors (Lipinski definition) is 0. The van der Waals surface area contributed by atoms with E-state index in [-0.39, 0.29) is 0 Å². The average Bonchev–Trinajstić information content (AvgIpc) is 2.60. The summed E-state index contributed by atoms with van der Waals surface area (Å²) >= 11 is 12.6. The summed E-state index contributed by atoms with van der Waals surface area (Å²) in [5, 5.41) is 23.9. The van der Waals surface area contributed by atoms with Crippen LogP contribution in [0.4, 0.5) is 0 Å². The minimum absolute atomic E-state index is 0.332. The van der Waals surface area contributed by atoms with Crippen molar-refractivity contribution in [3.63, 3.8) is 0 Å². The summed E-state index contributed by atoms with van der Waals surface area (Å²) in [6, 6.07) is 11.2. The van der Waals surface area contributed by atoms with Crippen molar-refractivity contribution < 1.29 is 9.85 Å². The monoisotopic (exact) mass is 396 g/mol. The van der Waals surface area contributed by atoms with Crippen molar-refractivity contribution in [1.29, 1.82) is 0 Å². The highest BCUT2D eigenvalue weighted by molar-refractivity contribution is 6.32. The van der Waals surface area contributed by atoms with Crippen LogP contribution in [0.3, 0.4) is 0 Å². The second-order valence-electron chi connectivity index (χ2n) is 6.15. The maximum atomic E-state index is 11.6. The van der Waals surface area contributed by atoms with E-state index in [9.17, 15) is 20.2 Å². The van der Waals surface area contributed by atoms with Gasteiger partial charge in [0.05, 0.1) is 11.8 Å². The summed E-state index contributed by atoms with van der Waals surface area (Å²) in [6.07, 6.45) is 0. The van der Waals surface area contributed by atoms with Crippen LogP contribution in [0, 0.1) is 20.2 Å². The Labute approximate surface area is 161 Å². The van der Waals surface area contributed by atoms with Crippen molar-refractivity contribution in [3.05, 3.63) is 89.9 Å². The molecule has 0 N–H and O–H groups in total. The molecule has 0 aliphatic heterocycles.